The fourth-order valence-electron chi connectivity index (χ4n) is 2.86. The quantitative estimate of drug-likeness (QED) is 0.662. The van der Waals surface area contributed by atoms with Crippen molar-refractivity contribution >= 4 is 17.5 Å². The Hall–Kier alpha value is -2.59. The van der Waals surface area contributed by atoms with E-state index < -0.39 is 0 Å². The van der Waals surface area contributed by atoms with E-state index in [4.69, 9.17) is 16.1 Å². The molecule has 1 aromatic heterocycles. The first-order valence-electron chi connectivity index (χ1n) is 8.62. The summed E-state index contributed by atoms with van der Waals surface area (Å²) >= 11 is 6.25. The average molecular weight is 369 g/mol. The van der Waals surface area contributed by atoms with Gasteiger partial charge in [0, 0.05) is 11.6 Å². The van der Waals surface area contributed by atoms with Gasteiger partial charge in [-0.05, 0) is 44.4 Å². The highest BCUT2D eigenvalue weighted by molar-refractivity contribution is 6.33. The zero-order chi connectivity index (χ0) is 18.5. The van der Waals surface area contributed by atoms with Crippen LogP contribution < -0.4 is 5.32 Å². The average Bonchev–Trinajstić information content (AvgIpc) is 3.02. The van der Waals surface area contributed by atoms with Crippen molar-refractivity contribution in [2.45, 2.75) is 32.7 Å². The molecular weight excluding hydrogens is 348 g/mol. The number of rotatable bonds is 6. The molecule has 3 aromatic rings. The number of aryl methyl sites for hydroxylation is 2. The Morgan fingerprint density at radius 3 is 2.58 bits per heavy atom. The predicted octanol–water partition coefficient (Wildman–Crippen LogP) is 5.05. The molecule has 4 nitrogen and oxygen atoms in total. The summed E-state index contributed by atoms with van der Waals surface area (Å²) in [4.78, 5) is 12.8. The van der Waals surface area contributed by atoms with Gasteiger partial charge in [-0.2, -0.15) is 0 Å². The predicted molar refractivity (Wildman–Crippen MR) is 103 cm³/mol. The van der Waals surface area contributed by atoms with Gasteiger partial charge in [-0.25, -0.2) is 0 Å². The Labute approximate surface area is 158 Å². The van der Waals surface area contributed by atoms with Crippen molar-refractivity contribution in [3.05, 3.63) is 76.4 Å². The van der Waals surface area contributed by atoms with Crippen LogP contribution in [0.5, 0.6) is 0 Å². The molecule has 1 heterocycles. The minimum atomic E-state index is -0.195. The normalized spacial score (nSPS) is 12.0. The maximum atomic E-state index is 12.8. The molecule has 0 bridgehead atoms. The maximum absolute atomic E-state index is 12.8. The van der Waals surface area contributed by atoms with Gasteiger partial charge in [-0.15, -0.1) is 0 Å². The molecule has 5 heteroatoms. The molecule has 0 aliphatic rings. The van der Waals surface area contributed by atoms with Crippen LogP contribution in [-0.2, 0) is 6.42 Å². The van der Waals surface area contributed by atoms with E-state index >= 15 is 0 Å². The third kappa shape index (κ3) is 4.14. The maximum Gasteiger partial charge on any atom is 0.257 e. The zero-order valence-corrected chi connectivity index (χ0v) is 15.6. The largest absolute Gasteiger partial charge is 0.355 e. The molecule has 1 N–H and O–H groups in total. The van der Waals surface area contributed by atoms with Crippen molar-refractivity contribution in [1.29, 1.82) is 0 Å². The number of amides is 1. The van der Waals surface area contributed by atoms with Gasteiger partial charge in [0.1, 0.15) is 5.56 Å². The Morgan fingerprint density at radius 1 is 1.15 bits per heavy atom. The number of nitrogens with zero attached hydrogens (tertiary/aromatic N) is 1. The number of aromatic nitrogens is 1. The number of halogens is 1. The summed E-state index contributed by atoms with van der Waals surface area (Å²) in [6, 6.07) is 17.5. The molecule has 0 aliphatic heterocycles. The van der Waals surface area contributed by atoms with E-state index in [-0.39, 0.29) is 11.9 Å². The van der Waals surface area contributed by atoms with E-state index in [1.165, 1.54) is 5.56 Å². The Balaban J connectivity index is 1.72. The molecule has 0 saturated heterocycles. The molecule has 26 heavy (non-hydrogen) atoms. The summed E-state index contributed by atoms with van der Waals surface area (Å²) in [5.41, 5.74) is 2.90. The third-order valence-corrected chi connectivity index (χ3v) is 4.62. The van der Waals surface area contributed by atoms with Gasteiger partial charge >= 0.3 is 0 Å². The van der Waals surface area contributed by atoms with Crippen LogP contribution in [0.3, 0.4) is 0 Å². The zero-order valence-electron chi connectivity index (χ0n) is 14.8. The minimum absolute atomic E-state index is 0.0242. The lowest BCUT2D eigenvalue weighted by Crippen LogP contribution is -2.33. The van der Waals surface area contributed by atoms with Crippen LogP contribution in [0.2, 0.25) is 5.02 Å². The topological polar surface area (TPSA) is 55.1 Å². The smallest absolute Gasteiger partial charge is 0.257 e. The highest BCUT2D eigenvalue weighted by Gasteiger charge is 2.24. The second-order valence-corrected chi connectivity index (χ2v) is 6.76. The summed E-state index contributed by atoms with van der Waals surface area (Å²) in [5.74, 6) is 0.208. The molecule has 3 rings (SSSR count). The van der Waals surface area contributed by atoms with Crippen molar-refractivity contribution in [3.63, 3.8) is 0 Å². The standard InChI is InChI=1S/C21H21ClN2O2/c1-14(12-13-16-8-4-3-5-9-16)23-21(25)19-15(2)24-26-20(19)17-10-6-7-11-18(17)22/h3-11,14H,12-13H2,1-2H3,(H,23,25)/t14-/m1/s1. The van der Waals surface area contributed by atoms with Gasteiger partial charge in [0.25, 0.3) is 5.91 Å². The highest BCUT2D eigenvalue weighted by Crippen LogP contribution is 2.31. The number of carbonyl (C=O) groups excluding carboxylic acids is 1. The van der Waals surface area contributed by atoms with Gasteiger partial charge in [0.15, 0.2) is 5.76 Å². The van der Waals surface area contributed by atoms with E-state index in [1.54, 1.807) is 13.0 Å². The van der Waals surface area contributed by atoms with E-state index in [0.717, 1.165) is 12.8 Å². The van der Waals surface area contributed by atoms with E-state index in [1.807, 2.05) is 43.3 Å². The summed E-state index contributed by atoms with van der Waals surface area (Å²) < 4.78 is 5.40. The monoisotopic (exact) mass is 368 g/mol. The van der Waals surface area contributed by atoms with E-state index in [0.29, 0.717) is 27.6 Å². The molecule has 1 atom stereocenters. The molecular formula is C21H21ClN2O2. The molecule has 0 saturated carbocycles. The molecule has 0 aliphatic carbocycles. The second kappa shape index (κ2) is 8.19. The van der Waals surface area contributed by atoms with Crippen LogP contribution in [0.25, 0.3) is 11.3 Å². The van der Waals surface area contributed by atoms with Crippen molar-refractivity contribution in [3.8, 4) is 11.3 Å². The number of benzene rings is 2. The lowest BCUT2D eigenvalue weighted by atomic mass is 10.0. The number of carbonyl (C=O) groups is 1. The number of hydrogen-bond donors (Lipinski definition) is 1. The first-order chi connectivity index (χ1) is 12.6. The van der Waals surface area contributed by atoms with Crippen LogP contribution in [-0.4, -0.2) is 17.1 Å². The SMILES string of the molecule is Cc1noc(-c2ccccc2Cl)c1C(=O)N[C@H](C)CCc1ccccc1. The minimum Gasteiger partial charge on any atom is -0.355 e. The first-order valence-corrected chi connectivity index (χ1v) is 9.00. The lowest BCUT2D eigenvalue weighted by Gasteiger charge is -2.14. The number of nitrogens with one attached hydrogen (secondary N) is 1. The van der Waals surface area contributed by atoms with E-state index in [9.17, 15) is 4.79 Å². The first kappa shape index (κ1) is 18.2. The molecule has 0 fully saturated rings. The fraction of sp³-hybridized carbons (Fsp3) is 0.238. The van der Waals surface area contributed by atoms with Gasteiger partial charge in [0.2, 0.25) is 0 Å². The third-order valence-electron chi connectivity index (χ3n) is 4.29. The number of hydrogen-bond acceptors (Lipinski definition) is 3. The summed E-state index contributed by atoms with van der Waals surface area (Å²) in [7, 11) is 0. The van der Waals surface area contributed by atoms with Gasteiger partial charge in [-0.1, -0.05) is 59.2 Å². The second-order valence-electron chi connectivity index (χ2n) is 6.35. The summed E-state index contributed by atoms with van der Waals surface area (Å²) in [6.07, 6.45) is 1.75. The molecule has 0 radical (unpaired) electrons. The van der Waals surface area contributed by atoms with Crippen LogP contribution in [0, 0.1) is 6.92 Å². The molecule has 2 aromatic carbocycles. The molecule has 134 valence electrons. The Bertz CT molecular complexity index is 890. The van der Waals surface area contributed by atoms with Crippen LogP contribution >= 0.6 is 11.6 Å². The van der Waals surface area contributed by atoms with Gasteiger partial charge in [-0.3, -0.25) is 4.79 Å². The van der Waals surface area contributed by atoms with Crippen molar-refractivity contribution in [2.75, 3.05) is 0 Å². The summed E-state index contributed by atoms with van der Waals surface area (Å²) in [5, 5.41) is 7.53. The molecule has 0 unspecified atom stereocenters. The van der Waals surface area contributed by atoms with Crippen molar-refractivity contribution in [1.82, 2.24) is 10.5 Å². The lowest BCUT2D eigenvalue weighted by molar-refractivity contribution is 0.0938. The van der Waals surface area contributed by atoms with Crippen LogP contribution in [0.4, 0.5) is 0 Å². The summed E-state index contributed by atoms with van der Waals surface area (Å²) in [6.45, 7) is 3.76. The molecule has 0 spiro atoms. The fourth-order valence-corrected chi connectivity index (χ4v) is 3.08. The highest BCUT2D eigenvalue weighted by atomic mass is 35.5. The van der Waals surface area contributed by atoms with E-state index in [2.05, 4.69) is 22.6 Å². The Morgan fingerprint density at radius 2 is 1.85 bits per heavy atom. The van der Waals surface area contributed by atoms with Crippen molar-refractivity contribution < 1.29 is 9.32 Å². The van der Waals surface area contributed by atoms with Crippen LogP contribution in [0.15, 0.2) is 59.1 Å². The molecule has 1 amide bonds. The van der Waals surface area contributed by atoms with Gasteiger partial charge in [0.05, 0.1) is 10.7 Å². The Kier molecular flexibility index (Phi) is 5.74. The van der Waals surface area contributed by atoms with Crippen LogP contribution in [0.1, 0.15) is 35.0 Å². The van der Waals surface area contributed by atoms with Gasteiger partial charge < -0.3 is 9.84 Å². The van der Waals surface area contributed by atoms with Crippen molar-refractivity contribution in [2.24, 2.45) is 0 Å².